The zero-order valence-electron chi connectivity index (χ0n) is 9.30. The van der Waals surface area contributed by atoms with E-state index in [0.717, 1.165) is 30.6 Å². The number of unbranched alkanes of at least 4 members (excludes halogenated alkanes) is 3. The van der Waals surface area contributed by atoms with Crippen molar-refractivity contribution < 1.29 is 9.59 Å². The average Bonchev–Trinajstić information content (AvgIpc) is 2.21. The van der Waals surface area contributed by atoms with Gasteiger partial charge in [-0.25, -0.2) is 4.79 Å². The van der Waals surface area contributed by atoms with E-state index in [9.17, 15) is 9.59 Å². The van der Waals surface area contributed by atoms with Crippen molar-refractivity contribution in [2.45, 2.75) is 39.0 Å². The molecule has 0 aliphatic carbocycles. The van der Waals surface area contributed by atoms with E-state index < -0.39 is 0 Å². The van der Waals surface area contributed by atoms with E-state index in [0.29, 0.717) is 6.42 Å². The Bertz CT molecular complexity index is 193. The van der Waals surface area contributed by atoms with Crippen LogP contribution in [0.1, 0.15) is 39.0 Å². The van der Waals surface area contributed by atoms with Gasteiger partial charge >= 0.3 is 6.03 Å². The molecule has 0 bridgehead atoms. The second-order valence-corrected chi connectivity index (χ2v) is 3.32. The van der Waals surface area contributed by atoms with Gasteiger partial charge in [0.2, 0.25) is 5.91 Å². The van der Waals surface area contributed by atoms with Crippen LogP contribution < -0.4 is 5.32 Å². The third kappa shape index (κ3) is 4.84. The number of urea groups is 1. The van der Waals surface area contributed by atoms with Crippen molar-refractivity contribution in [1.29, 1.82) is 0 Å². The fourth-order valence-corrected chi connectivity index (χ4v) is 1.15. The minimum absolute atomic E-state index is 0.111. The van der Waals surface area contributed by atoms with Crippen molar-refractivity contribution in [3.8, 4) is 0 Å². The lowest BCUT2D eigenvalue weighted by Gasteiger charge is -2.14. The minimum atomic E-state index is -0.342. The maximum atomic E-state index is 11.4. The normalized spacial score (nSPS) is 9.64. The smallest absolute Gasteiger partial charge is 0.323 e. The zero-order chi connectivity index (χ0) is 11.0. The Balaban J connectivity index is 3.68. The lowest BCUT2D eigenvalue weighted by atomic mass is 10.1. The molecule has 0 atom stereocenters. The SMILES string of the molecule is CCCCCCC(=O)N(C)C(=O)NC. The fourth-order valence-electron chi connectivity index (χ4n) is 1.15. The van der Waals surface area contributed by atoms with Crippen LogP contribution in [-0.2, 0) is 4.79 Å². The van der Waals surface area contributed by atoms with Gasteiger partial charge in [-0.2, -0.15) is 0 Å². The van der Waals surface area contributed by atoms with Crippen molar-refractivity contribution in [1.82, 2.24) is 10.2 Å². The maximum Gasteiger partial charge on any atom is 0.323 e. The second-order valence-electron chi connectivity index (χ2n) is 3.32. The van der Waals surface area contributed by atoms with Gasteiger partial charge in [-0.15, -0.1) is 0 Å². The molecule has 3 amide bonds. The number of carbonyl (C=O) groups excluding carboxylic acids is 2. The maximum absolute atomic E-state index is 11.4. The summed E-state index contributed by atoms with van der Waals surface area (Å²) in [5.41, 5.74) is 0. The summed E-state index contributed by atoms with van der Waals surface area (Å²) in [5, 5.41) is 2.41. The number of carbonyl (C=O) groups is 2. The molecule has 0 fully saturated rings. The molecule has 0 radical (unpaired) electrons. The molecule has 0 saturated heterocycles. The standard InChI is InChI=1S/C10H20N2O2/c1-4-5-6-7-8-9(13)12(3)10(14)11-2/h4-8H2,1-3H3,(H,11,14). The van der Waals surface area contributed by atoms with Crippen LogP contribution >= 0.6 is 0 Å². The Kier molecular flexibility index (Phi) is 6.80. The molecule has 0 aromatic heterocycles. The number of imide groups is 1. The molecule has 14 heavy (non-hydrogen) atoms. The number of hydrogen-bond acceptors (Lipinski definition) is 2. The van der Waals surface area contributed by atoms with Crippen molar-refractivity contribution in [2.75, 3.05) is 14.1 Å². The first kappa shape index (κ1) is 12.9. The third-order valence-corrected chi connectivity index (χ3v) is 2.14. The lowest BCUT2D eigenvalue weighted by Crippen LogP contribution is -2.39. The Morgan fingerprint density at radius 3 is 2.36 bits per heavy atom. The Hall–Kier alpha value is -1.06. The van der Waals surface area contributed by atoms with Gasteiger partial charge < -0.3 is 5.32 Å². The highest BCUT2D eigenvalue weighted by atomic mass is 16.2. The summed E-state index contributed by atoms with van der Waals surface area (Å²) in [7, 11) is 3.02. The molecule has 0 unspecified atom stereocenters. The number of rotatable bonds is 5. The average molecular weight is 200 g/mol. The van der Waals surface area contributed by atoms with Crippen LogP contribution in [0.4, 0.5) is 4.79 Å². The molecule has 0 spiro atoms. The summed E-state index contributed by atoms with van der Waals surface area (Å²) in [6.07, 6.45) is 4.69. The van der Waals surface area contributed by atoms with Crippen molar-refractivity contribution >= 4 is 11.9 Å². The van der Waals surface area contributed by atoms with Crippen molar-refractivity contribution in [3.63, 3.8) is 0 Å². The molecule has 0 aromatic rings. The number of nitrogens with one attached hydrogen (secondary N) is 1. The highest BCUT2D eigenvalue weighted by Gasteiger charge is 2.13. The Morgan fingerprint density at radius 1 is 1.21 bits per heavy atom. The summed E-state index contributed by atoms with van der Waals surface area (Å²) in [4.78, 5) is 23.5. The van der Waals surface area contributed by atoms with Crippen molar-refractivity contribution in [3.05, 3.63) is 0 Å². The van der Waals surface area contributed by atoms with Crippen LogP contribution in [-0.4, -0.2) is 30.9 Å². The number of amides is 3. The second kappa shape index (κ2) is 7.35. The molecule has 0 aromatic carbocycles. The van der Waals surface area contributed by atoms with Gasteiger partial charge in [-0.1, -0.05) is 26.2 Å². The monoisotopic (exact) mass is 200 g/mol. The van der Waals surface area contributed by atoms with E-state index in [4.69, 9.17) is 0 Å². The first-order valence-electron chi connectivity index (χ1n) is 5.11. The molecule has 4 heteroatoms. The van der Waals surface area contributed by atoms with Crippen LogP contribution in [0.25, 0.3) is 0 Å². The van der Waals surface area contributed by atoms with E-state index in [-0.39, 0.29) is 11.9 Å². The van der Waals surface area contributed by atoms with E-state index in [1.165, 1.54) is 14.1 Å². The van der Waals surface area contributed by atoms with Gasteiger partial charge in [0.1, 0.15) is 0 Å². The van der Waals surface area contributed by atoms with Gasteiger partial charge in [-0.05, 0) is 6.42 Å². The molecular weight excluding hydrogens is 180 g/mol. The highest BCUT2D eigenvalue weighted by molar-refractivity contribution is 5.93. The largest absolute Gasteiger partial charge is 0.341 e. The number of hydrogen-bond donors (Lipinski definition) is 1. The Morgan fingerprint density at radius 2 is 1.86 bits per heavy atom. The highest BCUT2D eigenvalue weighted by Crippen LogP contribution is 2.04. The van der Waals surface area contributed by atoms with Gasteiger partial charge in [0, 0.05) is 20.5 Å². The Labute approximate surface area is 85.7 Å². The van der Waals surface area contributed by atoms with E-state index >= 15 is 0 Å². The third-order valence-electron chi connectivity index (χ3n) is 2.14. The summed E-state index contributed by atoms with van der Waals surface area (Å²) < 4.78 is 0. The predicted molar refractivity (Wildman–Crippen MR) is 56.0 cm³/mol. The van der Waals surface area contributed by atoms with Crippen LogP contribution in [0.3, 0.4) is 0 Å². The quantitative estimate of drug-likeness (QED) is 0.687. The molecular formula is C10H20N2O2. The molecule has 0 saturated carbocycles. The number of nitrogens with zero attached hydrogens (tertiary/aromatic N) is 1. The van der Waals surface area contributed by atoms with Gasteiger partial charge in [0.25, 0.3) is 0 Å². The fraction of sp³-hybridized carbons (Fsp3) is 0.800. The lowest BCUT2D eigenvalue weighted by molar-refractivity contribution is -0.127. The van der Waals surface area contributed by atoms with E-state index in [1.807, 2.05) is 0 Å². The first-order chi connectivity index (χ1) is 6.63. The molecule has 4 nitrogen and oxygen atoms in total. The molecule has 0 aliphatic rings. The van der Waals surface area contributed by atoms with Crippen LogP contribution in [0.15, 0.2) is 0 Å². The molecule has 0 aliphatic heterocycles. The molecule has 82 valence electrons. The predicted octanol–water partition coefficient (Wildman–Crippen LogP) is 1.75. The molecule has 0 heterocycles. The van der Waals surface area contributed by atoms with Crippen molar-refractivity contribution in [2.24, 2.45) is 0 Å². The first-order valence-corrected chi connectivity index (χ1v) is 5.11. The van der Waals surface area contributed by atoms with Crippen LogP contribution in [0, 0.1) is 0 Å². The summed E-state index contributed by atoms with van der Waals surface area (Å²) in [5.74, 6) is -0.111. The minimum Gasteiger partial charge on any atom is -0.341 e. The van der Waals surface area contributed by atoms with Gasteiger partial charge in [0.05, 0.1) is 0 Å². The molecule has 0 rings (SSSR count). The van der Waals surface area contributed by atoms with Gasteiger partial charge in [-0.3, -0.25) is 9.69 Å². The summed E-state index contributed by atoms with van der Waals surface area (Å²) >= 11 is 0. The summed E-state index contributed by atoms with van der Waals surface area (Å²) in [6.45, 7) is 2.12. The van der Waals surface area contributed by atoms with Crippen LogP contribution in [0.5, 0.6) is 0 Å². The molecule has 1 N–H and O–H groups in total. The topological polar surface area (TPSA) is 49.4 Å². The van der Waals surface area contributed by atoms with Gasteiger partial charge in [0.15, 0.2) is 0 Å². The van der Waals surface area contributed by atoms with Crippen LogP contribution in [0.2, 0.25) is 0 Å². The summed E-state index contributed by atoms with van der Waals surface area (Å²) in [6, 6.07) is -0.342. The zero-order valence-corrected chi connectivity index (χ0v) is 9.30. The van der Waals surface area contributed by atoms with E-state index in [1.54, 1.807) is 0 Å². The van der Waals surface area contributed by atoms with E-state index in [2.05, 4.69) is 12.2 Å².